The molecule has 0 aliphatic rings. The third-order valence-electron chi connectivity index (χ3n) is 4.39. The highest BCUT2D eigenvalue weighted by molar-refractivity contribution is 6.09. The number of hydrogen-bond donors (Lipinski definition) is 0. The molecule has 1 heteroatoms. The second kappa shape index (κ2) is 5.13. The van der Waals surface area contributed by atoms with Gasteiger partial charge in [-0.2, -0.15) is 0 Å². The molecule has 0 aliphatic heterocycles. The van der Waals surface area contributed by atoms with Gasteiger partial charge in [-0.15, -0.1) is 0 Å². The van der Waals surface area contributed by atoms with Gasteiger partial charge in [0.15, 0.2) is 0 Å². The molecule has 0 fully saturated rings. The van der Waals surface area contributed by atoms with Gasteiger partial charge in [0, 0.05) is 16.5 Å². The van der Waals surface area contributed by atoms with E-state index in [0.717, 1.165) is 5.57 Å². The topological polar surface area (TPSA) is 4.93 Å². The van der Waals surface area contributed by atoms with E-state index in [0.29, 0.717) is 0 Å². The van der Waals surface area contributed by atoms with Crippen molar-refractivity contribution in [1.29, 1.82) is 0 Å². The van der Waals surface area contributed by atoms with Gasteiger partial charge >= 0.3 is 0 Å². The smallest absolute Gasteiger partial charge is 0.0541 e. The molecule has 0 amide bonds. The van der Waals surface area contributed by atoms with Gasteiger partial charge in [-0.1, -0.05) is 54.6 Å². The fraction of sp³-hybridized carbons (Fsp3) is 0.0909. The molecule has 4 aromatic rings. The quantitative estimate of drug-likeness (QED) is 0.419. The number of aryl methyl sites for hydroxylation is 1. The van der Waals surface area contributed by atoms with Crippen LogP contribution in [0, 0.1) is 6.92 Å². The van der Waals surface area contributed by atoms with Crippen molar-refractivity contribution in [2.24, 2.45) is 0 Å². The molecule has 112 valence electrons. The van der Waals surface area contributed by atoms with Gasteiger partial charge in [0.25, 0.3) is 0 Å². The Morgan fingerprint density at radius 2 is 1.39 bits per heavy atom. The van der Waals surface area contributed by atoms with Gasteiger partial charge in [0.05, 0.1) is 11.0 Å². The van der Waals surface area contributed by atoms with Crippen LogP contribution in [0.25, 0.3) is 33.1 Å². The fourth-order valence-corrected chi connectivity index (χ4v) is 3.34. The summed E-state index contributed by atoms with van der Waals surface area (Å²) in [7, 11) is 0. The summed E-state index contributed by atoms with van der Waals surface area (Å²) in [6.45, 7) is 8.31. The third kappa shape index (κ3) is 2.17. The maximum Gasteiger partial charge on any atom is 0.0541 e. The van der Waals surface area contributed by atoms with Crippen LogP contribution in [-0.4, -0.2) is 4.57 Å². The fourth-order valence-electron chi connectivity index (χ4n) is 3.34. The van der Waals surface area contributed by atoms with Crippen LogP contribution >= 0.6 is 0 Å². The molecule has 3 aromatic carbocycles. The van der Waals surface area contributed by atoms with Crippen molar-refractivity contribution in [3.8, 4) is 5.69 Å². The maximum absolute atomic E-state index is 4.10. The zero-order valence-electron chi connectivity index (χ0n) is 13.5. The predicted molar refractivity (Wildman–Crippen MR) is 100 cm³/mol. The maximum atomic E-state index is 4.10. The standard InChI is InChI=1S/C22H19N/c1-15(2)17-12-16(3)13-18(14-17)23-21-10-6-4-8-19(21)20-9-5-7-11-22(20)23/h4-14H,1H2,2-3H3. The first kappa shape index (κ1) is 13.8. The van der Waals surface area contributed by atoms with Crippen LogP contribution in [0.5, 0.6) is 0 Å². The predicted octanol–water partition coefficient (Wildman–Crippen LogP) is 6.13. The Hall–Kier alpha value is -2.80. The van der Waals surface area contributed by atoms with Crippen molar-refractivity contribution < 1.29 is 0 Å². The summed E-state index contributed by atoms with van der Waals surface area (Å²) in [5.74, 6) is 0. The lowest BCUT2D eigenvalue weighted by Gasteiger charge is -2.11. The Balaban J connectivity index is 2.14. The summed E-state index contributed by atoms with van der Waals surface area (Å²) >= 11 is 0. The Bertz CT molecular complexity index is 997. The molecule has 0 spiro atoms. The molecule has 0 aliphatic carbocycles. The Morgan fingerprint density at radius 3 is 1.96 bits per heavy atom. The van der Waals surface area contributed by atoms with Crippen LogP contribution in [0.4, 0.5) is 0 Å². The van der Waals surface area contributed by atoms with Gasteiger partial charge in [-0.25, -0.2) is 0 Å². The SMILES string of the molecule is C=C(C)c1cc(C)cc(-n2c3ccccc3c3ccccc32)c1. The number of hydrogen-bond acceptors (Lipinski definition) is 0. The normalized spacial score (nSPS) is 11.2. The van der Waals surface area contributed by atoms with Gasteiger partial charge < -0.3 is 4.57 Å². The number of rotatable bonds is 2. The van der Waals surface area contributed by atoms with Crippen molar-refractivity contribution in [3.05, 3.63) is 84.4 Å². The van der Waals surface area contributed by atoms with Crippen LogP contribution in [0.1, 0.15) is 18.1 Å². The summed E-state index contributed by atoms with van der Waals surface area (Å²) in [5.41, 5.74) is 7.22. The summed E-state index contributed by atoms with van der Waals surface area (Å²) in [6, 6.07) is 23.9. The average molecular weight is 297 g/mol. The van der Waals surface area contributed by atoms with Crippen molar-refractivity contribution in [1.82, 2.24) is 4.57 Å². The third-order valence-corrected chi connectivity index (χ3v) is 4.39. The van der Waals surface area contributed by atoms with Crippen LogP contribution in [-0.2, 0) is 0 Å². The van der Waals surface area contributed by atoms with Crippen LogP contribution < -0.4 is 0 Å². The minimum absolute atomic E-state index is 1.09. The minimum Gasteiger partial charge on any atom is -0.309 e. The van der Waals surface area contributed by atoms with Crippen molar-refractivity contribution in [2.45, 2.75) is 13.8 Å². The van der Waals surface area contributed by atoms with E-state index in [2.05, 4.69) is 91.7 Å². The van der Waals surface area contributed by atoms with Gasteiger partial charge in [-0.3, -0.25) is 0 Å². The molecular weight excluding hydrogens is 278 g/mol. The summed E-state index contributed by atoms with van der Waals surface area (Å²) < 4.78 is 2.35. The van der Waals surface area contributed by atoms with Crippen molar-refractivity contribution >= 4 is 27.4 Å². The Kier molecular flexibility index (Phi) is 3.09. The molecule has 0 saturated carbocycles. The molecule has 4 rings (SSSR count). The molecule has 0 unspecified atom stereocenters. The van der Waals surface area contributed by atoms with Gasteiger partial charge in [0.1, 0.15) is 0 Å². The second-order valence-corrected chi connectivity index (χ2v) is 6.21. The number of aromatic nitrogens is 1. The molecule has 0 N–H and O–H groups in total. The van der Waals surface area contributed by atoms with E-state index in [1.807, 2.05) is 0 Å². The molecule has 1 heterocycles. The first-order valence-corrected chi connectivity index (χ1v) is 7.91. The van der Waals surface area contributed by atoms with Gasteiger partial charge in [-0.05, 0) is 49.2 Å². The van der Waals surface area contributed by atoms with Crippen LogP contribution in [0.2, 0.25) is 0 Å². The first-order chi connectivity index (χ1) is 11.1. The number of benzene rings is 3. The van der Waals surface area contributed by atoms with Crippen LogP contribution in [0.3, 0.4) is 0 Å². The highest BCUT2D eigenvalue weighted by Gasteiger charge is 2.12. The van der Waals surface area contributed by atoms with E-state index >= 15 is 0 Å². The molecule has 1 nitrogen and oxygen atoms in total. The number of nitrogens with zero attached hydrogens (tertiary/aromatic N) is 1. The minimum atomic E-state index is 1.09. The van der Waals surface area contributed by atoms with E-state index < -0.39 is 0 Å². The molecule has 0 bridgehead atoms. The lowest BCUT2D eigenvalue weighted by Crippen LogP contribution is -1.96. The summed E-state index contributed by atoms with van der Waals surface area (Å²) in [5, 5.41) is 2.59. The van der Waals surface area contributed by atoms with Gasteiger partial charge in [0.2, 0.25) is 0 Å². The number of fused-ring (bicyclic) bond motifs is 3. The highest BCUT2D eigenvalue weighted by Crippen LogP contribution is 2.32. The lowest BCUT2D eigenvalue weighted by molar-refractivity contribution is 1.17. The van der Waals surface area contributed by atoms with E-state index in [4.69, 9.17) is 0 Å². The zero-order valence-corrected chi connectivity index (χ0v) is 13.5. The molecular formula is C22H19N. The second-order valence-electron chi connectivity index (χ2n) is 6.21. The van der Waals surface area contributed by atoms with E-state index in [1.54, 1.807) is 0 Å². The summed E-state index contributed by atoms with van der Waals surface area (Å²) in [6.07, 6.45) is 0. The highest BCUT2D eigenvalue weighted by atomic mass is 15.0. The monoisotopic (exact) mass is 297 g/mol. The largest absolute Gasteiger partial charge is 0.309 e. The van der Waals surface area contributed by atoms with Crippen molar-refractivity contribution in [2.75, 3.05) is 0 Å². The molecule has 1 aromatic heterocycles. The average Bonchev–Trinajstić information content (AvgIpc) is 2.89. The molecule has 0 radical (unpaired) electrons. The Labute approximate surface area is 136 Å². The van der Waals surface area contributed by atoms with E-state index in [9.17, 15) is 0 Å². The number of para-hydroxylation sites is 2. The summed E-state index contributed by atoms with van der Waals surface area (Å²) in [4.78, 5) is 0. The molecule has 0 atom stereocenters. The number of allylic oxidation sites excluding steroid dienone is 1. The van der Waals surface area contributed by atoms with Crippen LogP contribution in [0.15, 0.2) is 73.3 Å². The Morgan fingerprint density at radius 1 is 0.826 bits per heavy atom. The molecule has 0 saturated heterocycles. The molecule has 23 heavy (non-hydrogen) atoms. The lowest BCUT2D eigenvalue weighted by atomic mass is 10.0. The van der Waals surface area contributed by atoms with E-state index in [1.165, 1.54) is 38.6 Å². The first-order valence-electron chi connectivity index (χ1n) is 7.91. The van der Waals surface area contributed by atoms with Crippen molar-refractivity contribution in [3.63, 3.8) is 0 Å². The zero-order chi connectivity index (χ0) is 16.0. The van der Waals surface area contributed by atoms with E-state index in [-0.39, 0.29) is 0 Å².